The molecule has 1 aromatic rings. The Morgan fingerprint density at radius 3 is 2.52 bits per heavy atom. The number of fused-ring (bicyclic) bond motifs is 1. The Morgan fingerprint density at radius 1 is 1.07 bits per heavy atom. The van der Waals surface area contributed by atoms with E-state index in [1.807, 2.05) is 37.1 Å². The minimum absolute atomic E-state index is 0.0427. The zero-order valence-corrected chi connectivity index (χ0v) is 17.4. The molecule has 29 heavy (non-hydrogen) atoms. The molecule has 1 unspecified atom stereocenters. The summed E-state index contributed by atoms with van der Waals surface area (Å²) in [5.74, 6) is 2.76. The normalized spacial score (nSPS) is 20.8. The van der Waals surface area contributed by atoms with Crippen LogP contribution in [-0.4, -0.2) is 85.7 Å². The van der Waals surface area contributed by atoms with Gasteiger partial charge < -0.3 is 24.6 Å². The molecule has 3 aliphatic heterocycles. The molecule has 1 N–H and O–H groups in total. The summed E-state index contributed by atoms with van der Waals surface area (Å²) in [7, 11) is 1.81. The molecular weight excluding hydrogens is 370 g/mol. The molecule has 3 heterocycles. The van der Waals surface area contributed by atoms with Gasteiger partial charge >= 0.3 is 0 Å². The highest BCUT2D eigenvalue weighted by molar-refractivity contribution is 5.82. The first-order valence-electron chi connectivity index (χ1n) is 10.5. The van der Waals surface area contributed by atoms with Gasteiger partial charge in [-0.25, -0.2) is 0 Å². The van der Waals surface area contributed by atoms with Crippen molar-refractivity contribution >= 4 is 11.9 Å². The van der Waals surface area contributed by atoms with Crippen LogP contribution in [0, 0.1) is 0 Å². The van der Waals surface area contributed by atoms with Gasteiger partial charge in [0.1, 0.15) is 0 Å². The standard InChI is InChI=1S/C21H31N5O3/c1-16(20(27)25-7-3-4-8-25)24-9-11-26(12-10-24)21(22-2)23-14-17-5-6-18-19(13-17)29-15-28-18/h5-6,13,16H,3-4,7-12,14-15H2,1-2H3,(H,22,23). The monoisotopic (exact) mass is 401 g/mol. The molecule has 0 bridgehead atoms. The third kappa shape index (κ3) is 4.42. The molecule has 158 valence electrons. The van der Waals surface area contributed by atoms with Crippen molar-refractivity contribution in [3.63, 3.8) is 0 Å². The van der Waals surface area contributed by atoms with Gasteiger partial charge in [0.25, 0.3) is 0 Å². The van der Waals surface area contributed by atoms with E-state index >= 15 is 0 Å². The average Bonchev–Trinajstić information content (AvgIpc) is 3.45. The number of ether oxygens (including phenoxy) is 2. The van der Waals surface area contributed by atoms with Gasteiger partial charge in [-0.15, -0.1) is 0 Å². The van der Waals surface area contributed by atoms with Crippen LogP contribution in [0.15, 0.2) is 23.2 Å². The molecule has 8 heteroatoms. The van der Waals surface area contributed by atoms with Crippen molar-refractivity contribution in [3.8, 4) is 11.5 Å². The van der Waals surface area contributed by atoms with Crippen LogP contribution in [0.2, 0.25) is 0 Å². The van der Waals surface area contributed by atoms with Gasteiger partial charge in [0.2, 0.25) is 12.7 Å². The lowest BCUT2D eigenvalue weighted by Crippen LogP contribution is -2.57. The summed E-state index contributed by atoms with van der Waals surface area (Å²) in [6.07, 6.45) is 2.27. The summed E-state index contributed by atoms with van der Waals surface area (Å²) in [4.78, 5) is 23.7. The van der Waals surface area contributed by atoms with Crippen LogP contribution < -0.4 is 14.8 Å². The Balaban J connectivity index is 1.27. The number of piperazine rings is 1. The van der Waals surface area contributed by atoms with E-state index in [0.29, 0.717) is 6.54 Å². The summed E-state index contributed by atoms with van der Waals surface area (Å²) >= 11 is 0. The number of amides is 1. The number of aliphatic imine (C=N–C) groups is 1. The number of likely N-dealkylation sites (tertiary alicyclic amines) is 1. The first-order chi connectivity index (χ1) is 14.2. The van der Waals surface area contributed by atoms with E-state index in [2.05, 4.69) is 20.1 Å². The average molecular weight is 402 g/mol. The van der Waals surface area contributed by atoms with Crippen molar-refractivity contribution in [2.75, 3.05) is 53.1 Å². The second kappa shape index (κ2) is 8.90. The molecule has 1 atom stereocenters. The molecule has 4 rings (SSSR count). The lowest BCUT2D eigenvalue weighted by molar-refractivity contribution is -0.135. The van der Waals surface area contributed by atoms with E-state index in [-0.39, 0.29) is 18.7 Å². The molecule has 1 aromatic carbocycles. The van der Waals surface area contributed by atoms with Gasteiger partial charge in [-0.3, -0.25) is 14.7 Å². The van der Waals surface area contributed by atoms with E-state index in [0.717, 1.165) is 75.1 Å². The third-order valence-corrected chi connectivity index (χ3v) is 6.04. The minimum Gasteiger partial charge on any atom is -0.454 e. The molecule has 0 aromatic heterocycles. The first kappa shape index (κ1) is 19.8. The highest BCUT2D eigenvalue weighted by Gasteiger charge is 2.30. The van der Waals surface area contributed by atoms with E-state index in [1.165, 1.54) is 0 Å². The predicted molar refractivity (Wildman–Crippen MR) is 111 cm³/mol. The van der Waals surface area contributed by atoms with Crippen LogP contribution in [0.3, 0.4) is 0 Å². The number of hydrogen-bond acceptors (Lipinski definition) is 5. The van der Waals surface area contributed by atoms with Gasteiger partial charge in [-0.05, 0) is 37.5 Å². The number of guanidine groups is 1. The molecule has 2 fully saturated rings. The maximum absolute atomic E-state index is 12.7. The van der Waals surface area contributed by atoms with Crippen molar-refractivity contribution in [1.29, 1.82) is 0 Å². The Bertz CT molecular complexity index is 755. The summed E-state index contributed by atoms with van der Waals surface area (Å²) in [6, 6.07) is 5.95. The summed E-state index contributed by atoms with van der Waals surface area (Å²) < 4.78 is 10.8. The SMILES string of the molecule is CN=C(NCc1ccc2c(c1)OCO2)N1CCN(C(C)C(=O)N2CCCC2)CC1. The summed E-state index contributed by atoms with van der Waals surface area (Å²) in [5, 5.41) is 3.44. The Labute approximate surface area is 172 Å². The van der Waals surface area contributed by atoms with Gasteiger partial charge in [-0.1, -0.05) is 6.07 Å². The number of nitrogens with zero attached hydrogens (tertiary/aromatic N) is 4. The molecule has 3 aliphatic rings. The number of hydrogen-bond donors (Lipinski definition) is 1. The molecule has 8 nitrogen and oxygen atoms in total. The zero-order valence-electron chi connectivity index (χ0n) is 17.4. The second-order valence-corrected chi connectivity index (χ2v) is 7.82. The number of benzene rings is 1. The lowest BCUT2D eigenvalue weighted by Gasteiger charge is -2.39. The summed E-state index contributed by atoms with van der Waals surface area (Å²) in [6.45, 7) is 8.29. The highest BCUT2D eigenvalue weighted by Crippen LogP contribution is 2.32. The smallest absolute Gasteiger partial charge is 0.239 e. The Hall–Kier alpha value is -2.48. The van der Waals surface area contributed by atoms with Crippen LogP contribution >= 0.6 is 0 Å². The van der Waals surface area contributed by atoms with Crippen LogP contribution in [0.25, 0.3) is 0 Å². The zero-order chi connectivity index (χ0) is 20.2. The van der Waals surface area contributed by atoms with Gasteiger partial charge in [0.15, 0.2) is 17.5 Å². The van der Waals surface area contributed by atoms with Gasteiger partial charge in [0, 0.05) is 52.9 Å². The fourth-order valence-electron chi connectivity index (χ4n) is 4.24. The lowest BCUT2D eigenvalue weighted by atomic mass is 10.2. The van der Waals surface area contributed by atoms with E-state index in [4.69, 9.17) is 9.47 Å². The molecular formula is C21H31N5O3. The molecule has 0 saturated carbocycles. The van der Waals surface area contributed by atoms with Crippen molar-refractivity contribution < 1.29 is 14.3 Å². The largest absolute Gasteiger partial charge is 0.454 e. The molecule has 1 amide bonds. The third-order valence-electron chi connectivity index (χ3n) is 6.04. The second-order valence-electron chi connectivity index (χ2n) is 7.82. The van der Waals surface area contributed by atoms with Crippen molar-refractivity contribution in [2.45, 2.75) is 32.4 Å². The highest BCUT2D eigenvalue weighted by atomic mass is 16.7. The van der Waals surface area contributed by atoms with E-state index < -0.39 is 0 Å². The van der Waals surface area contributed by atoms with Crippen molar-refractivity contribution in [1.82, 2.24) is 20.0 Å². The van der Waals surface area contributed by atoms with Crippen LogP contribution in [-0.2, 0) is 11.3 Å². The topological polar surface area (TPSA) is 69.6 Å². The number of carbonyl (C=O) groups is 1. The fourth-order valence-corrected chi connectivity index (χ4v) is 4.24. The van der Waals surface area contributed by atoms with Gasteiger partial charge in [0.05, 0.1) is 6.04 Å². The summed E-state index contributed by atoms with van der Waals surface area (Å²) in [5.41, 5.74) is 1.12. The number of rotatable bonds is 4. The maximum atomic E-state index is 12.7. The van der Waals surface area contributed by atoms with Crippen LogP contribution in [0.1, 0.15) is 25.3 Å². The number of nitrogens with one attached hydrogen (secondary N) is 1. The van der Waals surface area contributed by atoms with Crippen LogP contribution in [0.4, 0.5) is 0 Å². The van der Waals surface area contributed by atoms with Crippen LogP contribution in [0.5, 0.6) is 11.5 Å². The van der Waals surface area contributed by atoms with Crippen molar-refractivity contribution in [3.05, 3.63) is 23.8 Å². The van der Waals surface area contributed by atoms with E-state index in [9.17, 15) is 4.79 Å². The predicted octanol–water partition coefficient (Wildman–Crippen LogP) is 1.12. The Morgan fingerprint density at radius 2 is 1.79 bits per heavy atom. The van der Waals surface area contributed by atoms with Gasteiger partial charge in [-0.2, -0.15) is 0 Å². The Kier molecular flexibility index (Phi) is 6.08. The molecule has 0 spiro atoms. The molecule has 0 radical (unpaired) electrons. The quantitative estimate of drug-likeness (QED) is 0.602. The van der Waals surface area contributed by atoms with Crippen molar-refractivity contribution in [2.24, 2.45) is 4.99 Å². The first-order valence-corrected chi connectivity index (χ1v) is 10.5. The maximum Gasteiger partial charge on any atom is 0.239 e. The molecule has 0 aliphatic carbocycles. The molecule has 2 saturated heterocycles. The van der Waals surface area contributed by atoms with E-state index in [1.54, 1.807) is 0 Å². The number of carbonyl (C=O) groups excluding carboxylic acids is 1. The fraction of sp³-hybridized carbons (Fsp3) is 0.619. The minimum atomic E-state index is -0.0427.